The normalized spacial score (nSPS) is 14.3. The second-order valence-electron chi connectivity index (χ2n) is 8.02. The number of carbonyl (C=O) groups excluding carboxylic acids is 1. The fourth-order valence-electron chi connectivity index (χ4n) is 3.34. The van der Waals surface area contributed by atoms with Crippen LogP contribution in [0.25, 0.3) is 0 Å². The van der Waals surface area contributed by atoms with Gasteiger partial charge >= 0.3 is 6.18 Å². The molecule has 1 aliphatic carbocycles. The van der Waals surface area contributed by atoms with Gasteiger partial charge in [0.1, 0.15) is 11.4 Å². The summed E-state index contributed by atoms with van der Waals surface area (Å²) in [6, 6.07) is 7.54. The fourth-order valence-corrected chi connectivity index (χ4v) is 3.34. The maximum atomic E-state index is 13.4. The lowest BCUT2D eigenvalue weighted by molar-refractivity contribution is -0.137. The molecule has 0 saturated heterocycles. The Labute approximate surface area is 180 Å². The summed E-state index contributed by atoms with van der Waals surface area (Å²) >= 11 is 0. The van der Waals surface area contributed by atoms with Crippen LogP contribution in [0.15, 0.2) is 30.5 Å². The summed E-state index contributed by atoms with van der Waals surface area (Å²) in [6.07, 6.45) is -0.404. The van der Waals surface area contributed by atoms with Gasteiger partial charge < -0.3 is 16.0 Å². The van der Waals surface area contributed by atoms with Gasteiger partial charge in [-0.1, -0.05) is 38.5 Å². The molecule has 9 heteroatoms. The SMILES string of the molecule is CC(C)c1ccccc1Nc1ncc(C(F)(F)F)c(NCCCNC(=O)C2CCC2)n1. The number of rotatable bonds is 9. The Hall–Kier alpha value is -2.84. The van der Waals surface area contributed by atoms with E-state index in [1.54, 1.807) is 0 Å². The number of aromatic nitrogens is 2. The van der Waals surface area contributed by atoms with Crippen LogP contribution in [0, 0.1) is 5.92 Å². The summed E-state index contributed by atoms with van der Waals surface area (Å²) in [4.78, 5) is 19.8. The molecule has 6 nitrogen and oxygen atoms in total. The standard InChI is InChI=1S/C22H28F3N5O/c1-14(2)16-9-3-4-10-18(16)29-21-28-13-17(22(23,24)25)19(30-21)26-11-6-12-27-20(31)15-7-5-8-15/h3-4,9-10,13-15H,5-8,11-12H2,1-2H3,(H,27,31)(H2,26,28,29,30). The number of hydrogen-bond acceptors (Lipinski definition) is 5. The van der Waals surface area contributed by atoms with Crippen LogP contribution < -0.4 is 16.0 Å². The summed E-state index contributed by atoms with van der Waals surface area (Å²) in [6.45, 7) is 4.71. The number of amides is 1. The van der Waals surface area contributed by atoms with Crippen LogP contribution in [-0.4, -0.2) is 29.0 Å². The summed E-state index contributed by atoms with van der Waals surface area (Å²) in [5.41, 5.74) is 0.846. The maximum absolute atomic E-state index is 13.4. The van der Waals surface area contributed by atoms with E-state index >= 15 is 0 Å². The molecule has 1 fully saturated rings. The second-order valence-corrected chi connectivity index (χ2v) is 8.02. The molecule has 1 aromatic heterocycles. The summed E-state index contributed by atoms with van der Waals surface area (Å²) in [5, 5.41) is 8.61. The lowest BCUT2D eigenvalue weighted by Gasteiger charge is -2.24. The number of alkyl halides is 3. The zero-order valence-electron chi connectivity index (χ0n) is 17.7. The van der Waals surface area contributed by atoms with Crippen LogP contribution in [0.3, 0.4) is 0 Å². The highest BCUT2D eigenvalue weighted by Crippen LogP contribution is 2.34. The van der Waals surface area contributed by atoms with Crippen LogP contribution in [-0.2, 0) is 11.0 Å². The van der Waals surface area contributed by atoms with Crippen molar-refractivity contribution in [3.63, 3.8) is 0 Å². The van der Waals surface area contributed by atoms with Gasteiger partial charge in [-0.25, -0.2) is 4.98 Å². The molecule has 2 aromatic rings. The monoisotopic (exact) mass is 435 g/mol. The first-order chi connectivity index (χ1) is 14.8. The van der Waals surface area contributed by atoms with Gasteiger partial charge in [0.25, 0.3) is 0 Å². The third-order valence-electron chi connectivity index (χ3n) is 5.34. The number of carbonyl (C=O) groups is 1. The van der Waals surface area contributed by atoms with Crippen LogP contribution in [0.4, 0.5) is 30.6 Å². The number of halogens is 3. The van der Waals surface area contributed by atoms with E-state index in [2.05, 4.69) is 25.9 Å². The van der Waals surface area contributed by atoms with Crippen molar-refractivity contribution in [2.45, 2.75) is 51.6 Å². The van der Waals surface area contributed by atoms with E-state index < -0.39 is 11.7 Å². The topological polar surface area (TPSA) is 78.9 Å². The van der Waals surface area contributed by atoms with E-state index in [0.717, 1.165) is 36.7 Å². The molecular formula is C22H28F3N5O. The highest BCUT2D eigenvalue weighted by Gasteiger charge is 2.35. The van der Waals surface area contributed by atoms with E-state index in [1.807, 2.05) is 38.1 Å². The predicted molar refractivity (Wildman–Crippen MR) is 114 cm³/mol. The largest absolute Gasteiger partial charge is 0.421 e. The first kappa shape index (κ1) is 22.8. The average molecular weight is 435 g/mol. The molecule has 1 amide bonds. The van der Waals surface area contributed by atoms with E-state index in [0.29, 0.717) is 13.0 Å². The van der Waals surface area contributed by atoms with Gasteiger partial charge in [-0.15, -0.1) is 0 Å². The Morgan fingerprint density at radius 1 is 1.19 bits per heavy atom. The van der Waals surface area contributed by atoms with Crippen LogP contribution in [0.5, 0.6) is 0 Å². The Morgan fingerprint density at radius 2 is 1.94 bits per heavy atom. The maximum Gasteiger partial charge on any atom is 0.421 e. The molecule has 0 spiro atoms. The Kier molecular flexibility index (Phi) is 7.35. The van der Waals surface area contributed by atoms with E-state index in [1.165, 1.54) is 0 Å². The number of nitrogens with zero attached hydrogens (tertiary/aromatic N) is 2. The Morgan fingerprint density at radius 3 is 2.58 bits per heavy atom. The summed E-state index contributed by atoms with van der Waals surface area (Å²) in [7, 11) is 0. The predicted octanol–water partition coefficient (Wildman–Crippen LogP) is 5.08. The van der Waals surface area contributed by atoms with Crippen molar-refractivity contribution in [1.82, 2.24) is 15.3 Å². The van der Waals surface area contributed by atoms with Gasteiger partial charge in [0, 0.05) is 30.9 Å². The van der Waals surface area contributed by atoms with Crippen LogP contribution in [0.1, 0.15) is 56.6 Å². The van der Waals surface area contributed by atoms with Crippen molar-refractivity contribution in [1.29, 1.82) is 0 Å². The molecule has 1 aromatic carbocycles. The van der Waals surface area contributed by atoms with E-state index in [-0.39, 0.29) is 36.1 Å². The molecule has 0 bridgehead atoms. The Balaban J connectivity index is 1.65. The highest BCUT2D eigenvalue weighted by molar-refractivity contribution is 5.79. The molecule has 1 heterocycles. The van der Waals surface area contributed by atoms with Crippen molar-refractivity contribution >= 4 is 23.4 Å². The van der Waals surface area contributed by atoms with Crippen molar-refractivity contribution in [3.05, 3.63) is 41.6 Å². The highest BCUT2D eigenvalue weighted by atomic mass is 19.4. The minimum Gasteiger partial charge on any atom is -0.369 e. The van der Waals surface area contributed by atoms with Gasteiger partial charge in [0.15, 0.2) is 0 Å². The molecule has 1 saturated carbocycles. The molecule has 31 heavy (non-hydrogen) atoms. The second kappa shape index (κ2) is 9.98. The van der Waals surface area contributed by atoms with Crippen LogP contribution in [0.2, 0.25) is 0 Å². The summed E-state index contributed by atoms with van der Waals surface area (Å²) in [5.74, 6) is 0.152. The lowest BCUT2D eigenvalue weighted by atomic mass is 9.85. The average Bonchev–Trinajstić information content (AvgIpc) is 2.66. The molecule has 3 rings (SSSR count). The lowest BCUT2D eigenvalue weighted by Crippen LogP contribution is -2.35. The molecule has 1 aliphatic rings. The zero-order valence-corrected chi connectivity index (χ0v) is 17.7. The molecule has 0 atom stereocenters. The number of anilines is 3. The van der Waals surface area contributed by atoms with Gasteiger partial charge in [0.05, 0.1) is 0 Å². The zero-order chi connectivity index (χ0) is 22.4. The van der Waals surface area contributed by atoms with E-state index in [4.69, 9.17) is 0 Å². The minimum atomic E-state index is -4.57. The van der Waals surface area contributed by atoms with Gasteiger partial charge in [0.2, 0.25) is 11.9 Å². The smallest absolute Gasteiger partial charge is 0.369 e. The molecular weight excluding hydrogens is 407 g/mol. The third kappa shape index (κ3) is 6.08. The first-order valence-corrected chi connectivity index (χ1v) is 10.6. The number of hydrogen-bond donors (Lipinski definition) is 3. The third-order valence-corrected chi connectivity index (χ3v) is 5.34. The molecule has 168 valence electrons. The molecule has 3 N–H and O–H groups in total. The molecule has 0 unspecified atom stereocenters. The molecule has 0 radical (unpaired) electrons. The summed E-state index contributed by atoms with van der Waals surface area (Å²) < 4.78 is 40.2. The first-order valence-electron chi connectivity index (χ1n) is 10.6. The van der Waals surface area contributed by atoms with E-state index in [9.17, 15) is 18.0 Å². The van der Waals surface area contributed by atoms with Crippen molar-refractivity contribution in [2.24, 2.45) is 5.92 Å². The van der Waals surface area contributed by atoms with Gasteiger partial charge in [-0.3, -0.25) is 4.79 Å². The van der Waals surface area contributed by atoms with Crippen LogP contribution >= 0.6 is 0 Å². The minimum absolute atomic E-state index is 0.0274. The van der Waals surface area contributed by atoms with Crippen molar-refractivity contribution in [3.8, 4) is 0 Å². The number of para-hydroxylation sites is 1. The fraction of sp³-hybridized carbons (Fsp3) is 0.500. The quantitative estimate of drug-likeness (QED) is 0.479. The molecule has 0 aliphatic heterocycles. The number of nitrogens with one attached hydrogen (secondary N) is 3. The van der Waals surface area contributed by atoms with Gasteiger partial charge in [-0.05, 0) is 36.8 Å². The number of benzene rings is 1. The van der Waals surface area contributed by atoms with Gasteiger partial charge in [-0.2, -0.15) is 18.2 Å². The van der Waals surface area contributed by atoms with Crippen molar-refractivity contribution < 1.29 is 18.0 Å². The van der Waals surface area contributed by atoms with Crippen molar-refractivity contribution in [2.75, 3.05) is 23.7 Å². The Bertz CT molecular complexity index is 897.